The van der Waals surface area contributed by atoms with Gasteiger partial charge in [0.05, 0.1) is 0 Å². The van der Waals surface area contributed by atoms with Gasteiger partial charge in [-0.1, -0.05) is 26.0 Å². The smallest absolute Gasteiger partial charge is 0.220 e. The molecular formula is C14H22ClFN2O. The molecular weight excluding hydrogens is 267 g/mol. The van der Waals surface area contributed by atoms with Gasteiger partial charge >= 0.3 is 0 Å². The third-order valence-electron chi connectivity index (χ3n) is 2.96. The molecule has 0 atom stereocenters. The minimum absolute atomic E-state index is 0. The summed E-state index contributed by atoms with van der Waals surface area (Å²) in [6.45, 7) is 5.09. The van der Waals surface area contributed by atoms with E-state index in [1.807, 2.05) is 13.8 Å². The lowest BCUT2D eigenvalue weighted by Crippen LogP contribution is -2.36. The van der Waals surface area contributed by atoms with Crippen LogP contribution in [-0.4, -0.2) is 19.0 Å². The molecule has 0 saturated heterocycles. The van der Waals surface area contributed by atoms with Crippen LogP contribution in [0, 0.1) is 5.82 Å². The largest absolute Gasteiger partial charge is 0.355 e. The number of amides is 1. The number of benzene rings is 1. The second kappa shape index (κ2) is 8.12. The Kier molecular flexibility index (Phi) is 7.64. The van der Waals surface area contributed by atoms with E-state index in [0.29, 0.717) is 25.9 Å². The molecule has 3 N–H and O–H groups in total. The van der Waals surface area contributed by atoms with Gasteiger partial charge < -0.3 is 11.1 Å². The first kappa shape index (κ1) is 17.9. The molecule has 0 aliphatic carbocycles. The van der Waals surface area contributed by atoms with Crippen LogP contribution in [0.15, 0.2) is 24.3 Å². The molecule has 0 fully saturated rings. The van der Waals surface area contributed by atoms with Crippen LogP contribution in [0.3, 0.4) is 0 Å². The highest BCUT2D eigenvalue weighted by Crippen LogP contribution is 2.22. The van der Waals surface area contributed by atoms with E-state index < -0.39 is 0 Å². The molecule has 0 radical (unpaired) electrons. The van der Waals surface area contributed by atoms with E-state index in [0.717, 1.165) is 5.56 Å². The van der Waals surface area contributed by atoms with E-state index in [-0.39, 0.29) is 29.5 Å². The van der Waals surface area contributed by atoms with Crippen molar-refractivity contribution in [3.8, 4) is 0 Å². The highest BCUT2D eigenvalue weighted by Gasteiger charge is 2.21. The van der Waals surface area contributed by atoms with Crippen molar-refractivity contribution in [2.75, 3.05) is 13.1 Å². The summed E-state index contributed by atoms with van der Waals surface area (Å²) in [6, 6.07) is 6.38. The Morgan fingerprint density at radius 1 is 1.32 bits per heavy atom. The monoisotopic (exact) mass is 288 g/mol. The summed E-state index contributed by atoms with van der Waals surface area (Å²) >= 11 is 0. The normalized spacial score (nSPS) is 10.7. The van der Waals surface area contributed by atoms with Gasteiger partial charge in [-0.05, 0) is 30.7 Å². The molecule has 1 aromatic carbocycles. The highest BCUT2D eigenvalue weighted by molar-refractivity contribution is 5.85. The topological polar surface area (TPSA) is 55.1 Å². The van der Waals surface area contributed by atoms with Crippen molar-refractivity contribution in [3.05, 3.63) is 35.6 Å². The molecule has 0 aliphatic heterocycles. The van der Waals surface area contributed by atoms with Gasteiger partial charge in [0.25, 0.3) is 0 Å². The fourth-order valence-electron chi connectivity index (χ4n) is 1.67. The van der Waals surface area contributed by atoms with Crippen molar-refractivity contribution in [2.24, 2.45) is 5.73 Å². The van der Waals surface area contributed by atoms with Gasteiger partial charge in [0.15, 0.2) is 0 Å². The lowest BCUT2D eigenvalue weighted by Gasteiger charge is -2.25. The van der Waals surface area contributed by atoms with Gasteiger partial charge in [-0.15, -0.1) is 12.4 Å². The van der Waals surface area contributed by atoms with Crippen LogP contribution in [0.1, 0.15) is 32.3 Å². The first-order valence-corrected chi connectivity index (χ1v) is 6.18. The third kappa shape index (κ3) is 6.03. The predicted molar refractivity (Wildman–Crippen MR) is 78.0 cm³/mol. The Balaban J connectivity index is 0.00000324. The van der Waals surface area contributed by atoms with Gasteiger partial charge in [0, 0.05) is 18.4 Å². The Morgan fingerprint density at radius 2 is 1.89 bits per heavy atom. The van der Waals surface area contributed by atoms with Crippen molar-refractivity contribution >= 4 is 18.3 Å². The molecule has 5 heteroatoms. The molecule has 19 heavy (non-hydrogen) atoms. The summed E-state index contributed by atoms with van der Waals surface area (Å²) in [4.78, 5) is 11.5. The number of nitrogens with two attached hydrogens (primary N) is 1. The van der Waals surface area contributed by atoms with Crippen molar-refractivity contribution in [1.82, 2.24) is 5.32 Å². The van der Waals surface area contributed by atoms with Crippen molar-refractivity contribution in [1.29, 1.82) is 0 Å². The lowest BCUT2D eigenvalue weighted by molar-refractivity contribution is -0.121. The SMILES string of the molecule is CC(C)(CNC(=O)CCCN)c1ccc(F)cc1.Cl. The molecule has 1 rings (SSSR count). The molecule has 0 saturated carbocycles. The average molecular weight is 289 g/mol. The molecule has 0 bridgehead atoms. The Labute approximate surface area is 120 Å². The second-order valence-corrected chi connectivity index (χ2v) is 5.06. The molecule has 0 spiro atoms. The van der Waals surface area contributed by atoms with Gasteiger partial charge in [-0.3, -0.25) is 4.79 Å². The van der Waals surface area contributed by atoms with E-state index in [2.05, 4.69) is 5.32 Å². The fourth-order valence-corrected chi connectivity index (χ4v) is 1.67. The quantitative estimate of drug-likeness (QED) is 0.844. The minimum atomic E-state index is -0.249. The zero-order valence-corrected chi connectivity index (χ0v) is 12.2. The summed E-state index contributed by atoms with van der Waals surface area (Å²) in [5.74, 6) is -0.239. The van der Waals surface area contributed by atoms with E-state index >= 15 is 0 Å². The van der Waals surface area contributed by atoms with Gasteiger partial charge in [0.2, 0.25) is 5.91 Å². The molecule has 108 valence electrons. The fraction of sp³-hybridized carbons (Fsp3) is 0.500. The molecule has 1 aromatic rings. The number of halogens is 2. The number of carbonyl (C=O) groups excluding carboxylic acids is 1. The van der Waals surface area contributed by atoms with Gasteiger partial charge in [-0.2, -0.15) is 0 Å². The van der Waals surface area contributed by atoms with Crippen LogP contribution in [0.25, 0.3) is 0 Å². The van der Waals surface area contributed by atoms with Crippen LogP contribution < -0.4 is 11.1 Å². The molecule has 0 unspecified atom stereocenters. The van der Waals surface area contributed by atoms with E-state index in [1.165, 1.54) is 12.1 Å². The maximum absolute atomic E-state index is 12.8. The van der Waals surface area contributed by atoms with Crippen LogP contribution in [0.4, 0.5) is 4.39 Å². The second-order valence-electron chi connectivity index (χ2n) is 5.06. The van der Waals surface area contributed by atoms with E-state index in [4.69, 9.17) is 5.73 Å². The first-order chi connectivity index (χ1) is 8.45. The average Bonchev–Trinajstić information content (AvgIpc) is 2.34. The number of hydrogen-bond donors (Lipinski definition) is 2. The molecule has 1 amide bonds. The van der Waals surface area contributed by atoms with E-state index in [1.54, 1.807) is 12.1 Å². The minimum Gasteiger partial charge on any atom is -0.355 e. The Morgan fingerprint density at radius 3 is 2.42 bits per heavy atom. The first-order valence-electron chi connectivity index (χ1n) is 6.18. The van der Waals surface area contributed by atoms with Gasteiger partial charge in [0.1, 0.15) is 5.82 Å². The van der Waals surface area contributed by atoms with Crippen LogP contribution in [0.2, 0.25) is 0 Å². The van der Waals surface area contributed by atoms with Gasteiger partial charge in [-0.25, -0.2) is 4.39 Å². The zero-order chi connectivity index (χ0) is 13.6. The summed E-state index contributed by atoms with van der Waals surface area (Å²) in [6.07, 6.45) is 1.15. The Bertz CT molecular complexity index is 393. The van der Waals surface area contributed by atoms with Crippen LogP contribution >= 0.6 is 12.4 Å². The number of hydrogen-bond acceptors (Lipinski definition) is 2. The highest BCUT2D eigenvalue weighted by atomic mass is 35.5. The van der Waals surface area contributed by atoms with Crippen LogP contribution in [-0.2, 0) is 10.2 Å². The van der Waals surface area contributed by atoms with Crippen molar-refractivity contribution in [2.45, 2.75) is 32.1 Å². The van der Waals surface area contributed by atoms with Crippen molar-refractivity contribution in [3.63, 3.8) is 0 Å². The molecule has 3 nitrogen and oxygen atoms in total. The standard InChI is InChI=1S/C14H21FN2O.ClH/c1-14(2,10-17-13(18)4-3-9-16)11-5-7-12(15)8-6-11;/h5-8H,3-4,9-10,16H2,1-2H3,(H,17,18);1H. The summed E-state index contributed by atoms with van der Waals surface area (Å²) in [5, 5.41) is 2.88. The molecule has 0 heterocycles. The maximum atomic E-state index is 12.8. The third-order valence-corrected chi connectivity index (χ3v) is 2.96. The molecule has 0 aromatic heterocycles. The zero-order valence-electron chi connectivity index (χ0n) is 11.4. The summed E-state index contributed by atoms with van der Waals surface area (Å²) in [5.41, 5.74) is 6.14. The summed E-state index contributed by atoms with van der Waals surface area (Å²) < 4.78 is 12.8. The number of rotatable bonds is 6. The summed E-state index contributed by atoms with van der Waals surface area (Å²) in [7, 11) is 0. The Hall–Kier alpha value is -1.13. The van der Waals surface area contributed by atoms with Crippen LogP contribution in [0.5, 0.6) is 0 Å². The lowest BCUT2D eigenvalue weighted by atomic mass is 9.84. The molecule has 0 aliphatic rings. The predicted octanol–water partition coefficient (Wildman–Crippen LogP) is 2.38. The number of carbonyl (C=O) groups is 1. The maximum Gasteiger partial charge on any atom is 0.220 e. The van der Waals surface area contributed by atoms with Crippen molar-refractivity contribution < 1.29 is 9.18 Å². The number of nitrogens with one attached hydrogen (secondary N) is 1. The van der Waals surface area contributed by atoms with E-state index in [9.17, 15) is 9.18 Å².